The Morgan fingerprint density at radius 3 is 2.29 bits per heavy atom. The summed E-state index contributed by atoms with van der Waals surface area (Å²) in [5.74, 6) is 0.555. The third-order valence-corrected chi connectivity index (χ3v) is 5.70. The summed E-state index contributed by atoms with van der Waals surface area (Å²) >= 11 is 0. The van der Waals surface area contributed by atoms with Crippen molar-refractivity contribution >= 4 is 40.0 Å². The van der Waals surface area contributed by atoms with Crippen LogP contribution in [0.25, 0.3) is 0 Å². The molecule has 0 aliphatic heterocycles. The predicted octanol–water partition coefficient (Wildman–Crippen LogP) is 3.83. The molecule has 0 saturated heterocycles. The molecule has 2 N–H and O–H groups in total. The first kappa shape index (κ1) is 27.2. The van der Waals surface area contributed by atoms with Gasteiger partial charge in [-0.2, -0.15) is 13.2 Å². The van der Waals surface area contributed by atoms with Gasteiger partial charge in [0.2, 0.25) is 10.0 Å². The lowest BCUT2D eigenvalue weighted by Crippen LogP contribution is -2.38. The highest BCUT2D eigenvalue weighted by molar-refractivity contribution is 14.0. The number of rotatable bonds is 7. The number of hydrogen-bond acceptors (Lipinski definition) is 3. The van der Waals surface area contributed by atoms with Crippen LogP contribution in [0.1, 0.15) is 23.6 Å². The van der Waals surface area contributed by atoms with Crippen LogP contribution in [-0.4, -0.2) is 39.9 Å². The molecule has 2 aromatic carbocycles. The van der Waals surface area contributed by atoms with E-state index in [1.165, 1.54) is 25.2 Å². The predicted molar refractivity (Wildman–Crippen MR) is 126 cm³/mol. The third-order valence-electron chi connectivity index (χ3n) is 4.29. The number of alkyl halides is 3. The van der Waals surface area contributed by atoms with Crippen molar-refractivity contribution in [2.24, 2.45) is 4.99 Å². The molecule has 6 nitrogen and oxygen atoms in total. The van der Waals surface area contributed by atoms with E-state index in [0.29, 0.717) is 30.2 Å². The monoisotopic (exact) mass is 570 g/mol. The van der Waals surface area contributed by atoms with Gasteiger partial charge in [-0.3, -0.25) is 0 Å². The number of guanidine groups is 1. The van der Waals surface area contributed by atoms with Gasteiger partial charge >= 0.3 is 6.18 Å². The standard InChI is InChI=1S/C20H25F3N4O2S.HI/c1-4-25-19(26-13-16-6-5-7-18(12-16)30(28,29)24-2)27(3)14-15-8-10-17(11-9-15)20(21,22)23;/h5-12,24H,4,13-14H2,1-3H3,(H,25,26);1H. The van der Waals surface area contributed by atoms with Crippen molar-refractivity contribution < 1.29 is 21.6 Å². The zero-order valence-corrected chi connectivity index (χ0v) is 20.5. The molecule has 0 saturated carbocycles. The summed E-state index contributed by atoms with van der Waals surface area (Å²) in [6, 6.07) is 11.5. The molecule has 0 fully saturated rings. The van der Waals surface area contributed by atoms with E-state index in [-0.39, 0.29) is 35.4 Å². The highest BCUT2D eigenvalue weighted by Gasteiger charge is 2.29. The summed E-state index contributed by atoms with van der Waals surface area (Å²) in [6.45, 7) is 3.11. The molecule has 31 heavy (non-hydrogen) atoms. The average molecular weight is 570 g/mol. The van der Waals surface area contributed by atoms with E-state index in [0.717, 1.165) is 12.1 Å². The molecule has 172 valence electrons. The third kappa shape index (κ3) is 7.96. The Morgan fingerprint density at radius 2 is 1.74 bits per heavy atom. The first-order valence-corrected chi connectivity index (χ1v) is 10.7. The Bertz CT molecular complexity index is 981. The number of nitrogens with zero attached hydrogens (tertiary/aromatic N) is 2. The molecular weight excluding hydrogens is 544 g/mol. The maximum Gasteiger partial charge on any atom is 0.416 e. The van der Waals surface area contributed by atoms with Crippen LogP contribution in [-0.2, 0) is 29.3 Å². The van der Waals surface area contributed by atoms with Gasteiger partial charge in [-0.1, -0.05) is 24.3 Å². The summed E-state index contributed by atoms with van der Waals surface area (Å²) in [5.41, 5.74) is 0.730. The van der Waals surface area contributed by atoms with E-state index in [2.05, 4.69) is 15.0 Å². The van der Waals surface area contributed by atoms with Crippen molar-refractivity contribution in [1.82, 2.24) is 14.9 Å². The fourth-order valence-corrected chi connectivity index (χ4v) is 3.51. The van der Waals surface area contributed by atoms with Crippen LogP contribution in [0.15, 0.2) is 58.4 Å². The van der Waals surface area contributed by atoms with Crippen molar-refractivity contribution in [3.8, 4) is 0 Å². The van der Waals surface area contributed by atoms with Crippen LogP contribution >= 0.6 is 24.0 Å². The molecular formula is C20H26F3IN4O2S. The molecule has 11 heteroatoms. The van der Waals surface area contributed by atoms with Gasteiger partial charge in [-0.05, 0) is 49.4 Å². The molecule has 0 heterocycles. The molecule has 0 radical (unpaired) electrons. The normalized spacial score (nSPS) is 12.3. The minimum absolute atomic E-state index is 0. The largest absolute Gasteiger partial charge is 0.416 e. The SMILES string of the molecule is CCNC(=NCc1cccc(S(=O)(=O)NC)c1)N(C)Cc1ccc(C(F)(F)F)cc1.I. The molecule has 0 bridgehead atoms. The molecule has 0 aromatic heterocycles. The minimum Gasteiger partial charge on any atom is -0.357 e. The van der Waals surface area contributed by atoms with E-state index in [9.17, 15) is 21.6 Å². The second-order valence-electron chi connectivity index (χ2n) is 6.58. The van der Waals surface area contributed by atoms with Gasteiger partial charge in [-0.15, -0.1) is 24.0 Å². The zero-order valence-electron chi connectivity index (χ0n) is 17.4. The second-order valence-corrected chi connectivity index (χ2v) is 8.46. The van der Waals surface area contributed by atoms with Gasteiger partial charge in [0.15, 0.2) is 5.96 Å². The molecule has 2 aromatic rings. The molecule has 0 aliphatic carbocycles. The van der Waals surface area contributed by atoms with Gasteiger partial charge in [0.1, 0.15) is 0 Å². The van der Waals surface area contributed by atoms with Crippen LogP contribution in [0.2, 0.25) is 0 Å². The first-order chi connectivity index (χ1) is 14.1. The van der Waals surface area contributed by atoms with E-state index >= 15 is 0 Å². The quantitative estimate of drug-likeness (QED) is 0.302. The maximum absolute atomic E-state index is 12.7. The van der Waals surface area contributed by atoms with Crippen molar-refractivity contribution in [3.63, 3.8) is 0 Å². The summed E-state index contributed by atoms with van der Waals surface area (Å²) in [4.78, 5) is 6.47. The fraction of sp³-hybridized carbons (Fsp3) is 0.350. The summed E-state index contributed by atoms with van der Waals surface area (Å²) in [5, 5.41) is 3.13. The first-order valence-electron chi connectivity index (χ1n) is 9.25. The van der Waals surface area contributed by atoms with Gasteiger partial charge in [0, 0.05) is 20.1 Å². The molecule has 0 unspecified atom stereocenters. The topological polar surface area (TPSA) is 73.8 Å². The summed E-state index contributed by atoms with van der Waals surface area (Å²) < 4.78 is 64.3. The number of benzene rings is 2. The number of aliphatic imine (C=N–C) groups is 1. The van der Waals surface area contributed by atoms with Crippen molar-refractivity contribution in [2.75, 3.05) is 20.6 Å². The Labute approximate surface area is 198 Å². The van der Waals surface area contributed by atoms with Gasteiger partial charge in [0.25, 0.3) is 0 Å². The number of halogens is 4. The Kier molecular flexibility index (Phi) is 10.2. The fourth-order valence-electron chi connectivity index (χ4n) is 2.71. The van der Waals surface area contributed by atoms with Crippen molar-refractivity contribution in [3.05, 3.63) is 65.2 Å². The average Bonchev–Trinajstić information content (AvgIpc) is 2.71. The van der Waals surface area contributed by atoms with Gasteiger partial charge in [0.05, 0.1) is 17.0 Å². The van der Waals surface area contributed by atoms with E-state index < -0.39 is 21.8 Å². The lowest BCUT2D eigenvalue weighted by Gasteiger charge is -2.22. The highest BCUT2D eigenvalue weighted by atomic mass is 127. The van der Waals surface area contributed by atoms with Gasteiger partial charge < -0.3 is 10.2 Å². The minimum atomic E-state index is -4.36. The maximum atomic E-state index is 12.7. The van der Waals surface area contributed by atoms with E-state index in [4.69, 9.17) is 0 Å². The lowest BCUT2D eigenvalue weighted by molar-refractivity contribution is -0.137. The van der Waals surface area contributed by atoms with Crippen LogP contribution in [0, 0.1) is 0 Å². The van der Waals surface area contributed by atoms with Crippen molar-refractivity contribution in [1.29, 1.82) is 0 Å². The van der Waals surface area contributed by atoms with E-state index in [1.54, 1.807) is 30.1 Å². The van der Waals surface area contributed by atoms with Crippen molar-refractivity contribution in [2.45, 2.75) is 31.1 Å². The van der Waals surface area contributed by atoms with E-state index in [1.807, 2.05) is 6.92 Å². The van der Waals surface area contributed by atoms with Crippen LogP contribution in [0.5, 0.6) is 0 Å². The molecule has 2 rings (SSSR count). The Balaban J connectivity index is 0.00000480. The molecule has 0 aliphatic rings. The smallest absolute Gasteiger partial charge is 0.357 e. The number of nitrogens with one attached hydrogen (secondary N) is 2. The highest BCUT2D eigenvalue weighted by Crippen LogP contribution is 2.29. The summed E-state index contributed by atoms with van der Waals surface area (Å²) in [7, 11) is -0.420. The molecule has 0 atom stereocenters. The molecule has 0 amide bonds. The van der Waals surface area contributed by atoms with Gasteiger partial charge in [-0.25, -0.2) is 18.1 Å². The Morgan fingerprint density at radius 1 is 1.10 bits per heavy atom. The van der Waals surface area contributed by atoms with Crippen LogP contribution < -0.4 is 10.0 Å². The molecule has 0 spiro atoms. The number of hydrogen-bond donors (Lipinski definition) is 2. The Hall–Kier alpha value is -1.86. The second kappa shape index (κ2) is 11.7. The van der Waals surface area contributed by atoms with Crippen LogP contribution in [0.4, 0.5) is 13.2 Å². The lowest BCUT2D eigenvalue weighted by atomic mass is 10.1. The van der Waals surface area contributed by atoms with Crippen LogP contribution in [0.3, 0.4) is 0 Å². The zero-order chi connectivity index (χ0) is 22.4. The summed E-state index contributed by atoms with van der Waals surface area (Å²) in [6.07, 6.45) is -4.36. The number of sulfonamides is 1.